The van der Waals surface area contributed by atoms with Crippen molar-refractivity contribution < 1.29 is 0 Å². The highest BCUT2D eigenvalue weighted by Crippen LogP contribution is 2.13. The van der Waals surface area contributed by atoms with Gasteiger partial charge >= 0.3 is 0 Å². The van der Waals surface area contributed by atoms with Gasteiger partial charge in [-0.25, -0.2) is 0 Å². The van der Waals surface area contributed by atoms with Gasteiger partial charge in [0.2, 0.25) is 0 Å². The predicted molar refractivity (Wildman–Crippen MR) is 61.5 cm³/mol. The summed E-state index contributed by atoms with van der Waals surface area (Å²) in [6.07, 6.45) is 4.31. The van der Waals surface area contributed by atoms with Gasteiger partial charge in [0.05, 0.1) is 11.4 Å². The molecule has 0 amide bonds. The maximum atomic E-state index is 4.25. The first-order valence-electron chi connectivity index (χ1n) is 5.43. The smallest absolute Gasteiger partial charge is 0.0603 e. The Balaban J connectivity index is 2.49. The number of rotatable bonds is 5. The van der Waals surface area contributed by atoms with Crippen LogP contribution in [0.4, 0.5) is 5.69 Å². The first-order chi connectivity index (χ1) is 6.77. The molecule has 0 aliphatic heterocycles. The van der Waals surface area contributed by atoms with Crippen molar-refractivity contribution in [1.82, 2.24) is 4.98 Å². The molecule has 0 spiro atoms. The second kappa shape index (κ2) is 5.63. The van der Waals surface area contributed by atoms with Gasteiger partial charge in [0.1, 0.15) is 0 Å². The van der Waals surface area contributed by atoms with Crippen molar-refractivity contribution >= 4 is 5.69 Å². The predicted octanol–water partition coefficient (Wildman–Crippen LogP) is 3.24. The van der Waals surface area contributed by atoms with Crippen molar-refractivity contribution in [3.63, 3.8) is 0 Å². The number of hydrogen-bond acceptors (Lipinski definition) is 2. The van der Waals surface area contributed by atoms with Crippen LogP contribution in [-0.2, 0) is 0 Å². The lowest BCUT2D eigenvalue weighted by Crippen LogP contribution is -2.13. The first-order valence-corrected chi connectivity index (χ1v) is 5.43. The SMILES string of the molecule is CCC(CC)CNc1cccnc1C. The first kappa shape index (κ1) is 11.0. The molecule has 2 nitrogen and oxygen atoms in total. The van der Waals surface area contributed by atoms with E-state index in [9.17, 15) is 0 Å². The third kappa shape index (κ3) is 3.02. The molecule has 0 bridgehead atoms. The van der Waals surface area contributed by atoms with Gasteiger partial charge in [-0.05, 0) is 25.0 Å². The Morgan fingerprint density at radius 2 is 2.07 bits per heavy atom. The Bertz CT molecular complexity index is 267. The van der Waals surface area contributed by atoms with Gasteiger partial charge in [0, 0.05) is 12.7 Å². The zero-order valence-electron chi connectivity index (χ0n) is 9.38. The van der Waals surface area contributed by atoms with Gasteiger partial charge < -0.3 is 5.32 Å². The fraction of sp³-hybridized carbons (Fsp3) is 0.583. The fourth-order valence-corrected chi connectivity index (χ4v) is 1.50. The number of anilines is 1. The maximum absolute atomic E-state index is 4.25. The molecule has 0 saturated carbocycles. The van der Waals surface area contributed by atoms with Crippen molar-refractivity contribution in [2.75, 3.05) is 11.9 Å². The second-order valence-corrected chi connectivity index (χ2v) is 3.70. The number of aryl methyl sites for hydroxylation is 1. The standard InChI is InChI=1S/C12H20N2/c1-4-11(5-2)9-14-12-7-6-8-13-10(12)3/h6-8,11,14H,4-5,9H2,1-3H3. The van der Waals surface area contributed by atoms with Crippen molar-refractivity contribution in [1.29, 1.82) is 0 Å². The van der Waals surface area contributed by atoms with Crippen molar-refractivity contribution in [3.8, 4) is 0 Å². The third-order valence-electron chi connectivity index (χ3n) is 2.74. The molecule has 1 N–H and O–H groups in total. The van der Waals surface area contributed by atoms with Crippen molar-refractivity contribution in [3.05, 3.63) is 24.0 Å². The summed E-state index contributed by atoms with van der Waals surface area (Å²) in [5, 5.41) is 3.45. The Morgan fingerprint density at radius 3 is 2.64 bits per heavy atom. The van der Waals surface area contributed by atoms with E-state index in [1.165, 1.54) is 18.5 Å². The molecule has 14 heavy (non-hydrogen) atoms. The number of nitrogens with zero attached hydrogens (tertiary/aromatic N) is 1. The molecule has 1 aromatic rings. The van der Waals surface area contributed by atoms with Crippen LogP contribution in [0.25, 0.3) is 0 Å². The molecule has 0 aliphatic carbocycles. The molecule has 0 fully saturated rings. The van der Waals surface area contributed by atoms with E-state index < -0.39 is 0 Å². The highest BCUT2D eigenvalue weighted by Gasteiger charge is 2.03. The lowest BCUT2D eigenvalue weighted by atomic mass is 10.0. The van der Waals surface area contributed by atoms with Crippen molar-refractivity contribution in [2.24, 2.45) is 5.92 Å². The van der Waals surface area contributed by atoms with Crippen LogP contribution in [0.5, 0.6) is 0 Å². The maximum Gasteiger partial charge on any atom is 0.0603 e. The number of aromatic nitrogens is 1. The molecular weight excluding hydrogens is 172 g/mol. The van der Waals surface area contributed by atoms with Gasteiger partial charge in [-0.15, -0.1) is 0 Å². The summed E-state index contributed by atoms with van der Waals surface area (Å²) in [5.74, 6) is 0.773. The highest BCUT2D eigenvalue weighted by molar-refractivity contribution is 5.46. The number of hydrogen-bond donors (Lipinski definition) is 1. The van der Waals surface area contributed by atoms with Gasteiger partial charge in [0.25, 0.3) is 0 Å². The molecule has 0 unspecified atom stereocenters. The fourth-order valence-electron chi connectivity index (χ4n) is 1.50. The number of nitrogens with one attached hydrogen (secondary N) is 1. The Kier molecular flexibility index (Phi) is 4.44. The molecule has 0 radical (unpaired) electrons. The number of pyridine rings is 1. The lowest BCUT2D eigenvalue weighted by molar-refractivity contribution is 0.519. The van der Waals surface area contributed by atoms with E-state index >= 15 is 0 Å². The molecule has 0 aromatic carbocycles. The molecular formula is C12H20N2. The van der Waals surface area contributed by atoms with Crippen LogP contribution < -0.4 is 5.32 Å². The molecule has 0 aliphatic rings. The average Bonchev–Trinajstić information content (AvgIpc) is 2.22. The minimum absolute atomic E-state index is 0.773. The van der Waals surface area contributed by atoms with Crippen LogP contribution >= 0.6 is 0 Å². The summed E-state index contributed by atoms with van der Waals surface area (Å²) in [4.78, 5) is 4.25. The van der Waals surface area contributed by atoms with Crippen LogP contribution in [0, 0.1) is 12.8 Å². The van der Waals surface area contributed by atoms with E-state index in [1.54, 1.807) is 0 Å². The summed E-state index contributed by atoms with van der Waals surface area (Å²) >= 11 is 0. The van der Waals surface area contributed by atoms with E-state index in [1.807, 2.05) is 19.2 Å². The summed E-state index contributed by atoms with van der Waals surface area (Å²) in [5.41, 5.74) is 2.25. The second-order valence-electron chi connectivity index (χ2n) is 3.70. The summed E-state index contributed by atoms with van der Waals surface area (Å²) in [6.45, 7) is 7.58. The average molecular weight is 192 g/mol. The molecule has 1 aromatic heterocycles. The Labute approximate surface area is 86.8 Å². The summed E-state index contributed by atoms with van der Waals surface area (Å²) in [7, 11) is 0. The van der Waals surface area contributed by atoms with Crippen molar-refractivity contribution in [2.45, 2.75) is 33.6 Å². The monoisotopic (exact) mass is 192 g/mol. The summed E-state index contributed by atoms with van der Waals surface area (Å²) < 4.78 is 0. The quantitative estimate of drug-likeness (QED) is 0.774. The van der Waals surface area contributed by atoms with Crippen LogP contribution in [0.2, 0.25) is 0 Å². The highest BCUT2D eigenvalue weighted by atomic mass is 14.9. The van der Waals surface area contributed by atoms with E-state index in [4.69, 9.17) is 0 Å². The van der Waals surface area contributed by atoms with E-state index in [0.29, 0.717) is 0 Å². The van der Waals surface area contributed by atoms with Crippen LogP contribution in [0.3, 0.4) is 0 Å². The van der Waals surface area contributed by atoms with Gasteiger partial charge in [-0.1, -0.05) is 26.7 Å². The largest absolute Gasteiger partial charge is 0.383 e. The lowest BCUT2D eigenvalue weighted by Gasteiger charge is -2.15. The molecule has 1 heterocycles. The van der Waals surface area contributed by atoms with E-state index in [2.05, 4.69) is 30.2 Å². The molecule has 2 heteroatoms. The normalized spacial score (nSPS) is 10.6. The zero-order valence-corrected chi connectivity index (χ0v) is 9.38. The summed E-state index contributed by atoms with van der Waals surface area (Å²) in [6, 6.07) is 4.06. The minimum Gasteiger partial charge on any atom is -0.383 e. The molecule has 78 valence electrons. The van der Waals surface area contributed by atoms with Gasteiger partial charge in [0.15, 0.2) is 0 Å². The van der Waals surface area contributed by atoms with Crippen LogP contribution in [-0.4, -0.2) is 11.5 Å². The topological polar surface area (TPSA) is 24.9 Å². The zero-order chi connectivity index (χ0) is 10.4. The van der Waals surface area contributed by atoms with Gasteiger partial charge in [-0.2, -0.15) is 0 Å². The molecule has 0 atom stereocenters. The third-order valence-corrected chi connectivity index (χ3v) is 2.74. The van der Waals surface area contributed by atoms with E-state index in [0.717, 1.165) is 18.2 Å². The minimum atomic E-state index is 0.773. The molecule has 0 saturated heterocycles. The van der Waals surface area contributed by atoms with E-state index in [-0.39, 0.29) is 0 Å². The Morgan fingerprint density at radius 1 is 1.36 bits per heavy atom. The Hall–Kier alpha value is -1.05. The molecule has 1 rings (SSSR count). The van der Waals surface area contributed by atoms with Gasteiger partial charge in [-0.3, -0.25) is 4.98 Å². The van der Waals surface area contributed by atoms with Crippen LogP contribution in [0.1, 0.15) is 32.4 Å². The van der Waals surface area contributed by atoms with Crippen LogP contribution in [0.15, 0.2) is 18.3 Å².